The van der Waals surface area contributed by atoms with Crippen LogP contribution in [0.4, 0.5) is 11.4 Å². The molecule has 142 valence electrons. The molecule has 0 bridgehead atoms. The van der Waals surface area contributed by atoms with Gasteiger partial charge in [-0.05, 0) is 51.1 Å². The van der Waals surface area contributed by atoms with Gasteiger partial charge in [-0.3, -0.25) is 14.9 Å². The molecule has 2 aromatic carbocycles. The number of ether oxygens (including phenoxy) is 2. The number of benzene rings is 2. The molecule has 8 heteroatoms. The van der Waals surface area contributed by atoms with E-state index in [9.17, 15) is 19.7 Å². The minimum Gasteiger partial charge on any atom is -0.491 e. The molecule has 1 amide bonds. The number of nitrogens with zero attached hydrogens (tertiary/aromatic N) is 1. The van der Waals surface area contributed by atoms with Crippen LogP contribution in [-0.2, 0) is 9.53 Å². The number of esters is 1. The summed E-state index contributed by atoms with van der Waals surface area (Å²) >= 11 is 0. The number of anilines is 1. The molecule has 0 aliphatic heterocycles. The van der Waals surface area contributed by atoms with E-state index in [4.69, 9.17) is 9.47 Å². The van der Waals surface area contributed by atoms with Gasteiger partial charge in [-0.1, -0.05) is 12.1 Å². The molecule has 0 saturated heterocycles. The maximum atomic E-state index is 12.2. The Balaban J connectivity index is 1.99. The SMILES string of the molecule is CC(C)Oc1ccc(C(=O)O[C@@H](C)C(=O)Nc2ccccc2[N+](=O)[O-])cc1. The first-order valence-electron chi connectivity index (χ1n) is 8.30. The molecule has 2 aromatic rings. The van der Waals surface area contributed by atoms with Crippen LogP contribution >= 0.6 is 0 Å². The lowest BCUT2D eigenvalue weighted by atomic mass is 10.2. The molecular formula is C19H20N2O6. The summed E-state index contributed by atoms with van der Waals surface area (Å²) in [6, 6.07) is 12.1. The molecule has 2 rings (SSSR count). The van der Waals surface area contributed by atoms with Gasteiger partial charge in [0, 0.05) is 6.07 Å². The van der Waals surface area contributed by atoms with Crippen molar-refractivity contribution >= 4 is 23.3 Å². The van der Waals surface area contributed by atoms with Gasteiger partial charge in [-0.2, -0.15) is 0 Å². The number of nitrogens with one attached hydrogen (secondary N) is 1. The minimum absolute atomic E-state index is 0.00793. The van der Waals surface area contributed by atoms with E-state index in [0.29, 0.717) is 5.75 Å². The van der Waals surface area contributed by atoms with Crippen LogP contribution in [-0.4, -0.2) is 29.0 Å². The van der Waals surface area contributed by atoms with E-state index in [1.165, 1.54) is 37.3 Å². The van der Waals surface area contributed by atoms with Crippen LogP contribution in [0.2, 0.25) is 0 Å². The predicted octanol–water partition coefficient (Wildman–Crippen LogP) is 3.57. The summed E-state index contributed by atoms with van der Waals surface area (Å²) in [4.78, 5) is 34.8. The lowest BCUT2D eigenvalue weighted by molar-refractivity contribution is -0.383. The Morgan fingerprint density at radius 3 is 2.26 bits per heavy atom. The fraction of sp³-hybridized carbons (Fsp3) is 0.263. The van der Waals surface area contributed by atoms with E-state index in [1.807, 2.05) is 13.8 Å². The highest BCUT2D eigenvalue weighted by molar-refractivity contribution is 5.98. The number of hydrogen-bond donors (Lipinski definition) is 1. The van der Waals surface area contributed by atoms with Gasteiger partial charge in [0.2, 0.25) is 0 Å². The van der Waals surface area contributed by atoms with Crippen LogP contribution in [0.3, 0.4) is 0 Å². The number of carbonyl (C=O) groups is 2. The van der Waals surface area contributed by atoms with Gasteiger partial charge in [0.05, 0.1) is 16.6 Å². The van der Waals surface area contributed by atoms with Crippen LogP contribution in [0.5, 0.6) is 5.75 Å². The monoisotopic (exact) mass is 372 g/mol. The van der Waals surface area contributed by atoms with Crippen LogP contribution in [0.1, 0.15) is 31.1 Å². The molecule has 0 unspecified atom stereocenters. The molecule has 0 spiro atoms. The highest BCUT2D eigenvalue weighted by Gasteiger charge is 2.22. The van der Waals surface area contributed by atoms with Crippen molar-refractivity contribution in [3.8, 4) is 5.75 Å². The molecular weight excluding hydrogens is 352 g/mol. The van der Waals surface area contributed by atoms with Gasteiger partial charge < -0.3 is 14.8 Å². The van der Waals surface area contributed by atoms with Crippen molar-refractivity contribution in [1.82, 2.24) is 0 Å². The molecule has 0 aliphatic rings. The molecule has 8 nitrogen and oxygen atoms in total. The Bertz CT molecular complexity index is 832. The molecule has 0 saturated carbocycles. The average Bonchev–Trinajstić information content (AvgIpc) is 2.61. The van der Waals surface area contributed by atoms with E-state index in [1.54, 1.807) is 18.2 Å². The van der Waals surface area contributed by atoms with E-state index < -0.39 is 22.9 Å². The Morgan fingerprint density at radius 2 is 1.67 bits per heavy atom. The Hall–Kier alpha value is -3.42. The summed E-state index contributed by atoms with van der Waals surface area (Å²) < 4.78 is 10.6. The summed E-state index contributed by atoms with van der Waals surface area (Å²) in [6.07, 6.45) is -1.13. The second kappa shape index (κ2) is 8.79. The van der Waals surface area contributed by atoms with Crippen molar-refractivity contribution in [3.63, 3.8) is 0 Å². The van der Waals surface area contributed by atoms with Crippen LogP contribution in [0, 0.1) is 10.1 Å². The Kier molecular flexibility index (Phi) is 6.48. The van der Waals surface area contributed by atoms with Crippen molar-refractivity contribution in [3.05, 3.63) is 64.2 Å². The smallest absolute Gasteiger partial charge is 0.338 e. The van der Waals surface area contributed by atoms with E-state index in [-0.39, 0.29) is 23.0 Å². The lowest BCUT2D eigenvalue weighted by Crippen LogP contribution is -2.30. The molecule has 0 fully saturated rings. The van der Waals surface area contributed by atoms with Crippen molar-refractivity contribution < 1.29 is 24.0 Å². The van der Waals surface area contributed by atoms with Crippen LogP contribution in [0.15, 0.2) is 48.5 Å². The van der Waals surface area contributed by atoms with Crippen molar-refractivity contribution in [2.24, 2.45) is 0 Å². The van der Waals surface area contributed by atoms with E-state index >= 15 is 0 Å². The van der Waals surface area contributed by atoms with Gasteiger partial charge in [0.25, 0.3) is 11.6 Å². The standard InChI is InChI=1S/C19H20N2O6/c1-12(2)26-15-10-8-14(9-11-15)19(23)27-13(3)18(22)20-16-6-4-5-7-17(16)21(24)25/h4-13H,1-3H3,(H,20,22)/t13-/m0/s1. The average molecular weight is 372 g/mol. The summed E-state index contributed by atoms with van der Waals surface area (Å²) in [5, 5.41) is 13.4. The third kappa shape index (κ3) is 5.53. The quantitative estimate of drug-likeness (QED) is 0.452. The summed E-state index contributed by atoms with van der Waals surface area (Å²) in [5.41, 5.74) is 0.0483. The zero-order valence-corrected chi connectivity index (χ0v) is 15.2. The topological polar surface area (TPSA) is 108 Å². The van der Waals surface area contributed by atoms with Gasteiger partial charge in [-0.15, -0.1) is 0 Å². The first-order valence-corrected chi connectivity index (χ1v) is 8.30. The minimum atomic E-state index is -1.14. The third-order valence-electron chi connectivity index (χ3n) is 3.47. The zero-order chi connectivity index (χ0) is 20.0. The highest BCUT2D eigenvalue weighted by Crippen LogP contribution is 2.23. The summed E-state index contributed by atoms with van der Waals surface area (Å²) in [5.74, 6) is -0.738. The number of nitro benzene ring substituents is 1. The normalized spacial score (nSPS) is 11.6. The van der Waals surface area contributed by atoms with E-state index in [0.717, 1.165) is 0 Å². The zero-order valence-electron chi connectivity index (χ0n) is 15.2. The maximum absolute atomic E-state index is 12.2. The number of carbonyl (C=O) groups excluding carboxylic acids is 2. The number of amides is 1. The molecule has 1 N–H and O–H groups in total. The van der Waals surface area contributed by atoms with Crippen molar-refractivity contribution in [2.45, 2.75) is 33.0 Å². The van der Waals surface area contributed by atoms with Crippen molar-refractivity contribution in [1.29, 1.82) is 0 Å². The fourth-order valence-corrected chi connectivity index (χ4v) is 2.20. The fourth-order valence-electron chi connectivity index (χ4n) is 2.20. The van der Waals surface area contributed by atoms with Gasteiger partial charge in [0.15, 0.2) is 6.10 Å². The number of rotatable bonds is 7. The number of hydrogen-bond acceptors (Lipinski definition) is 6. The van der Waals surface area contributed by atoms with Gasteiger partial charge in [-0.25, -0.2) is 4.79 Å². The highest BCUT2D eigenvalue weighted by atomic mass is 16.6. The largest absolute Gasteiger partial charge is 0.491 e. The maximum Gasteiger partial charge on any atom is 0.338 e. The molecule has 0 aliphatic carbocycles. The lowest BCUT2D eigenvalue weighted by Gasteiger charge is -2.14. The molecule has 0 aromatic heterocycles. The summed E-state index contributed by atoms with van der Waals surface area (Å²) in [7, 11) is 0. The number of para-hydroxylation sites is 2. The molecule has 0 heterocycles. The second-order valence-corrected chi connectivity index (χ2v) is 6.00. The van der Waals surface area contributed by atoms with Crippen molar-refractivity contribution in [2.75, 3.05) is 5.32 Å². The molecule has 1 atom stereocenters. The first-order chi connectivity index (χ1) is 12.8. The Morgan fingerprint density at radius 1 is 1.04 bits per heavy atom. The Labute approximate surface area is 156 Å². The first kappa shape index (κ1) is 19.9. The van der Waals surface area contributed by atoms with Crippen LogP contribution in [0.25, 0.3) is 0 Å². The number of nitro groups is 1. The van der Waals surface area contributed by atoms with E-state index in [2.05, 4.69) is 5.32 Å². The van der Waals surface area contributed by atoms with Gasteiger partial charge in [0.1, 0.15) is 11.4 Å². The summed E-state index contributed by atoms with van der Waals surface area (Å²) in [6.45, 7) is 5.16. The second-order valence-electron chi connectivity index (χ2n) is 6.00. The third-order valence-corrected chi connectivity index (χ3v) is 3.47. The van der Waals surface area contributed by atoms with Gasteiger partial charge >= 0.3 is 5.97 Å². The predicted molar refractivity (Wildman–Crippen MR) is 98.8 cm³/mol. The molecule has 27 heavy (non-hydrogen) atoms. The van der Waals surface area contributed by atoms with Crippen LogP contribution < -0.4 is 10.1 Å². The molecule has 0 radical (unpaired) electrons.